The molecule has 0 aromatic heterocycles. The highest BCUT2D eigenvalue weighted by atomic mass is 16.5. The lowest BCUT2D eigenvalue weighted by molar-refractivity contribution is -0.130. The van der Waals surface area contributed by atoms with Gasteiger partial charge in [0.25, 0.3) is 5.91 Å². The predicted molar refractivity (Wildman–Crippen MR) is 98.8 cm³/mol. The molecule has 0 saturated carbocycles. The Labute approximate surface area is 153 Å². The number of likely N-dealkylation sites (N-methyl/N-ethyl adjacent to an activating group) is 1. The molecule has 3 amide bonds. The summed E-state index contributed by atoms with van der Waals surface area (Å²) >= 11 is 0. The Bertz CT molecular complexity index is 662. The second-order valence-corrected chi connectivity index (χ2v) is 6.39. The summed E-state index contributed by atoms with van der Waals surface area (Å²) < 4.78 is 5.40. The van der Waals surface area contributed by atoms with E-state index in [1.54, 1.807) is 43.3 Å². The maximum Gasteiger partial charge on any atom is 0.259 e. The van der Waals surface area contributed by atoms with Crippen LogP contribution >= 0.6 is 0 Å². The van der Waals surface area contributed by atoms with Crippen molar-refractivity contribution in [3.8, 4) is 5.75 Å². The summed E-state index contributed by atoms with van der Waals surface area (Å²) in [6, 6.07) is 6.90. The fourth-order valence-corrected chi connectivity index (χ4v) is 2.64. The van der Waals surface area contributed by atoms with Gasteiger partial charge in [0.2, 0.25) is 11.8 Å². The molecule has 1 aliphatic heterocycles. The van der Waals surface area contributed by atoms with Crippen LogP contribution in [0.15, 0.2) is 36.9 Å². The summed E-state index contributed by atoms with van der Waals surface area (Å²) in [7, 11) is 3.34. The molecule has 0 atom stereocenters. The first-order valence-electron chi connectivity index (χ1n) is 8.56. The summed E-state index contributed by atoms with van der Waals surface area (Å²) in [5.41, 5.74) is 0.672. The maximum absolute atomic E-state index is 12.4. The van der Waals surface area contributed by atoms with Gasteiger partial charge in [-0.2, -0.15) is 0 Å². The van der Waals surface area contributed by atoms with Crippen LogP contribution in [-0.2, 0) is 14.4 Å². The highest BCUT2D eigenvalue weighted by molar-refractivity contribution is 5.93. The number of hydrogen-bond donors (Lipinski definition) is 1. The van der Waals surface area contributed by atoms with Crippen molar-refractivity contribution < 1.29 is 19.1 Å². The summed E-state index contributed by atoms with van der Waals surface area (Å²) in [5, 5.41) is 2.89. The van der Waals surface area contributed by atoms with Crippen molar-refractivity contribution >= 4 is 23.4 Å². The van der Waals surface area contributed by atoms with Crippen molar-refractivity contribution in [2.75, 3.05) is 39.1 Å². The number of likely N-dealkylation sites (tertiary alicyclic amines) is 1. The molecular formula is C19H25N3O4. The lowest BCUT2D eigenvalue weighted by atomic mass is 9.95. The smallest absolute Gasteiger partial charge is 0.259 e. The molecule has 7 nitrogen and oxygen atoms in total. The molecule has 0 unspecified atom stereocenters. The fourth-order valence-electron chi connectivity index (χ4n) is 2.64. The van der Waals surface area contributed by atoms with Gasteiger partial charge in [-0.1, -0.05) is 6.58 Å². The Morgan fingerprint density at radius 3 is 2.38 bits per heavy atom. The van der Waals surface area contributed by atoms with Gasteiger partial charge in [0, 0.05) is 38.8 Å². The zero-order valence-corrected chi connectivity index (χ0v) is 15.2. The van der Waals surface area contributed by atoms with E-state index in [4.69, 9.17) is 4.74 Å². The van der Waals surface area contributed by atoms with Crippen molar-refractivity contribution in [1.29, 1.82) is 0 Å². The van der Waals surface area contributed by atoms with E-state index in [1.807, 2.05) is 0 Å². The fraction of sp³-hybridized carbons (Fsp3) is 0.421. The first kappa shape index (κ1) is 19.5. The van der Waals surface area contributed by atoms with Crippen LogP contribution in [0.3, 0.4) is 0 Å². The Hall–Kier alpha value is -2.83. The van der Waals surface area contributed by atoms with Crippen LogP contribution in [0.25, 0.3) is 0 Å². The van der Waals surface area contributed by atoms with Crippen molar-refractivity contribution in [3.05, 3.63) is 36.9 Å². The number of benzene rings is 1. The van der Waals surface area contributed by atoms with Crippen LogP contribution in [0.4, 0.5) is 5.69 Å². The molecule has 1 aromatic carbocycles. The first-order chi connectivity index (χ1) is 12.4. The highest BCUT2D eigenvalue weighted by Gasteiger charge is 2.26. The summed E-state index contributed by atoms with van der Waals surface area (Å²) in [6.07, 6.45) is 2.58. The molecule has 0 bridgehead atoms. The van der Waals surface area contributed by atoms with Crippen molar-refractivity contribution in [2.24, 2.45) is 5.92 Å². The molecule has 1 aliphatic rings. The zero-order valence-electron chi connectivity index (χ0n) is 15.2. The Balaban J connectivity index is 1.81. The number of piperidine rings is 1. The third-order valence-electron chi connectivity index (χ3n) is 4.34. The SMILES string of the molecule is C=CC(=O)N1CCC(C(=O)Nc2ccc(OCC(=O)N(C)C)cc2)CC1. The molecule has 140 valence electrons. The molecule has 2 rings (SSSR count). The number of anilines is 1. The Kier molecular flexibility index (Phi) is 6.77. The van der Waals surface area contributed by atoms with Gasteiger partial charge in [-0.15, -0.1) is 0 Å². The standard InChI is InChI=1S/C19H25N3O4/c1-4-17(23)22-11-9-14(10-12-22)19(25)20-15-5-7-16(8-6-15)26-13-18(24)21(2)3/h4-8,14H,1,9-13H2,2-3H3,(H,20,25). The van der Waals surface area contributed by atoms with E-state index in [-0.39, 0.29) is 30.2 Å². The number of hydrogen-bond acceptors (Lipinski definition) is 4. The molecule has 0 radical (unpaired) electrons. The van der Waals surface area contributed by atoms with Crippen LogP contribution in [-0.4, -0.2) is 61.3 Å². The first-order valence-corrected chi connectivity index (χ1v) is 8.56. The van der Waals surface area contributed by atoms with E-state index in [0.29, 0.717) is 37.4 Å². The summed E-state index contributed by atoms with van der Waals surface area (Å²) in [4.78, 5) is 38.6. The van der Waals surface area contributed by atoms with Gasteiger partial charge in [0.1, 0.15) is 5.75 Å². The number of ether oxygens (including phenoxy) is 1. The van der Waals surface area contributed by atoms with Crippen molar-refractivity contribution in [3.63, 3.8) is 0 Å². The van der Waals surface area contributed by atoms with E-state index in [2.05, 4.69) is 11.9 Å². The second kappa shape index (κ2) is 9.03. The largest absolute Gasteiger partial charge is 0.484 e. The van der Waals surface area contributed by atoms with Gasteiger partial charge in [0.05, 0.1) is 0 Å². The predicted octanol–water partition coefficient (Wildman–Crippen LogP) is 1.52. The van der Waals surface area contributed by atoms with Gasteiger partial charge in [-0.25, -0.2) is 0 Å². The minimum Gasteiger partial charge on any atom is -0.484 e. The number of carbonyl (C=O) groups excluding carboxylic acids is 3. The maximum atomic E-state index is 12.4. The van der Waals surface area contributed by atoms with Crippen LogP contribution in [0.5, 0.6) is 5.75 Å². The summed E-state index contributed by atoms with van der Waals surface area (Å²) in [6.45, 7) is 4.59. The monoisotopic (exact) mass is 359 g/mol. The molecule has 26 heavy (non-hydrogen) atoms. The molecular weight excluding hydrogens is 334 g/mol. The molecule has 1 heterocycles. The van der Waals surface area contributed by atoms with Gasteiger partial charge >= 0.3 is 0 Å². The van der Waals surface area contributed by atoms with E-state index in [0.717, 1.165) is 0 Å². The molecule has 0 aliphatic carbocycles. The van der Waals surface area contributed by atoms with Gasteiger partial charge in [-0.05, 0) is 43.2 Å². The third-order valence-corrected chi connectivity index (χ3v) is 4.34. The van der Waals surface area contributed by atoms with Gasteiger partial charge < -0.3 is 19.9 Å². The zero-order chi connectivity index (χ0) is 19.1. The van der Waals surface area contributed by atoms with Gasteiger partial charge in [0.15, 0.2) is 6.61 Å². The lowest BCUT2D eigenvalue weighted by Gasteiger charge is -2.30. The van der Waals surface area contributed by atoms with E-state index >= 15 is 0 Å². The van der Waals surface area contributed by atoms with Gasteiger partial charge in [-0.3, -0.25) is 14.4 Å². The highest BCUT2D eigenvalue weighted by Crippen LogP contribution is 2.21. The van der Waals surface area contributed by atoms with Crippen molar-refractivity contribution in [1.82, 2.24) is 9.80 Å². The Morgan fingerprint density at radius 2 is 1.85 bits per heavy atom. The minimum absolute atomic E-state index is 0.0271. The molecule has 7 heteroatoms. The number of rotatable bonds is 6. The molecule has 0 spiro atoms. The van der Waals surface area contributed by atoms with Crippen LogP contribution < -0.4 is 10.1 Å². The van der Waals surface area contributed by atoms with Crippen LogP contribution in [0.2, 0.25) is 0 Å². The van der Waals surface area contributed by atoms with Crippen LogP contribution in [0.1, 0.15) is 12.8 Å². The molecule has 1 fully saturated rings. The summed E-state index contributed by atoms with van der Waals surface area (Å²) in [5.74, 6) is 0.190. The normalized spacial score (nSPS) is 14.5. The Morgan fingerprint density at radius 1 is 1.23 bits per heavy atom. The number of amides is 3. The van der Waals surface area contributed by atoms with Crippen molar-refractivity contribution in [2.45, 2.75) is 12.8 Å². The third kappa shape index (κ3) is 5.34. The number of carbonyl (C=O) groups is 3. The van der Waals surface area contributed by atoms with E-state index in [9.17, 15) is 14.4 Å². The second-order valence-electron chi connectivity index (χ2n) is 6.39. The number of nitrogens with zero attached hydrogens (tertiary/aromatic N) is 2. The van der Waals surface area contributed by atoms with E-state index < -0.39 is 0 Å². The van der Waals surface area contributed by atoms with E-state index in [1.165, 1.54) is 11.0 Å². The molecule has 1 aromatic rings. The molecule has 1 N–H and O–H groups in total. The van der Waals surface area contributed by atoms with Crippen LogP contribution in [0, 0.1) is 5.92 Å². The molecule has 1 saturated heterocycles. The quantitative estimate of drug-likeness (QED) is 0.781. The number of nitrogens with one attached hydrogen (secondary N) is 1. The lowest BCUT2D eigenvalue weighted by Crippen LogP contribution is -2.40. The average Bonchev–Trinajstić information content (AvgIpc) is 2.66. The minimum atomic E-state index is -0.122. The topological polar surface area (TPSA) is 79.0 Å². The average molecular weight is 359 g/mol.